The zero-order chi connectivity index (χ0) is 12.5. The van der Waals surface area contributed by atoms with Crippen molar-refractivity contribution in [2.75, 3.05) is 34.2 Å². The lowest BCUT2D eigenvalue weighted by atomic mass is 10.2. The lowest BCUT2D eigenvalue weighted by Crippen LogP contribution is -2.19. The van der Waals surface area contributed by atoms with Crippen LogP contribution in [0, 0.1) is 0 Å². The minimum atomic E-state index is 0.244. The van der Waals surface area contributed by atoms with Crippen LogP contribution in [0.4, 0.5) is 0 Å². The number of halogens is 1. The van der Waals surface area contributed by atoms with Crippen molar-refractivity contribution in [3.05, 3.63) is 28.2 Å². The molecule has 17 heavy (non-hydrogen) atoms. The summed E-state index contributed by atoms with van der Waals surface area (Å²) in [6.45, 7) is 2.49. The number of ether oxygens (including phenoxy) is 3. The van der Waals surface area contributed by atoms with Crippen LogP contribution in [0.25, 0.3) is 0 Å². The molecule has 1 N–H and O–H groups in total. The van der Waals surface area contributed by atoms with Crippen LogP contribution in [-0.2, 0) is 16.0 Å². The second kappa shape index (κ2) is 8.47. The maximum atomic E-state index is 5.53. The molecule has 0 heterocycles. The van der Waals surface area contributed by atoms with Crippen LogP contribution in [0.5, 0.6) is 5.75 Å². The Kier molecular flexibility index (Phi) is 7.19. The number of hydrogen-bond acceptors (Lipinski definition) is 4. The maximum absolute atomic E-state index is 5.53. The third kappa shape index (κ3) is 5.04. The van der Waals surface area contributed by atoms with Gasteiger partial charge >= 0.3 is 0 Å². The highest BCUT2D eigenvalue weighted by Gasteiger charge is 2.07. The summed E-state index contributed by atoms with van der Waals surface area (Å²) < 4.78 is 16.4. The van der Waals surface area contributed by atoms with E-state index in [4.69, 9.17) is 14.2 Å². The van der Waals surface area contributed by atoms with Gasteiger partial charge in [0.2, 0.25) is 0 Å². The van der Waals surface area contributed by atoms with Crippen molar-refractivity contribution in [2.45, 2.75) is 6.54 Å². The van der Waals surface area contributed by atoms with E-state index >= 15 is 0 Å². The standard InChI is InChI=1S/C12H18BrNO3/c1-15-7-6-14-8-10-4-3-5-11(13)12(10)17-9-16-2/h3-5,14H,6-9H2,1-2H3. The van der Waals surface area contributed by atoms with Crippen LogP contribution in [-0.4, -0.2) is 34.2 Å². The maximum Gasteiger partial charge on any atom is 0.188 e. The van der Waals surface area contributed by atoms with E-state index in [0.717, 1.165) is 28.9 Å². The van der Waals surface area contributed by atoms with E-state index in [9.17, 15) is 0 Å². The summed E-state index contributed by atoms with van der Waals surface area (Å²) in [5, 5.41) is 3.28. The lowest BCUT2D eigenvalue weighted by Gasteiger charge is -2.13. The highest BCUT2D eigenvalue weighted by Crippen LogP contribution is 2.28. The van der Waals surface area contributed by atoms with Crippen LogP contribution in [0.3, 0.4) is 0 Å². The summed E-state index contributed by atoms with van der Waals surface area (Å²) >= 11 is 3.47. The van der Waals surface area contributed by atoms with E-state index in [0.29, 0.717) is 6.61 Å². The van der Waals surface area contributed by atoms with E-state index in [-0.39, 0.29) is 6.79 Å². The van der Waals surface area contributed by atoms with Gasteiger partial charge in [0.1, 0.15) is 5.75 Å². The molecule has 0 atom stereocenters. The average molecular weight is 304 g/mol. The predicted octanol–water partition coefficient (Wildman–Crippen LogP) is 2.17. The van der Waals surface area contributed by atoms with Gasteiger partial charge in [-0.05, 0) is 22.0 Å². The van der Waals surface area contributed by atoms with Gasteiger partial charge in [-0.2, -0.15) is 0 Å². The van der Waals surface area contributed by atoms with Crippen molar-refractivity contribution in [1.29, 1.82) is 0 Å². The predicted molar refractivity (Wildman–Crippen MR) is 70.2 cm³/mol. The van der Waals surface area contributed by atoms with E-state index in [2.05, 4.69) is 21.2 Å². The first-order valence-corrected chi connectivity index (χ1v) is 6.17. The normalized spacial score (nSPS) is 10.5. The van der Waals surface area contributed by atoms with E-state index in [1.165, 1.54) is 0 Å². The molecule has 0 aliphatic heterocycles. The summed E-state index contributed by atoms with van der Waals surface area (Å²) in [4.78, 5) is 0. The largest absolute Gasteiger partial charge is 0.466 e. The Hall–Kier alpha value is -0.620. The van der Waals surface area contributed by atoms with Gasteiger partial charge < -0.3 is 19.5 Å². The first kappa shape index (κ1) is 14.4. The number of para-hydroxylation sites is 1. The zero-order valence-electron chi connectivity index (χ0n) is 10.2. The van der Waals surface area contributed by atoms with E-state index < -0.39 is 0 Å². The summed E-state index contributed by atoms with van der Waals surface area (Å²) in [7, 11) is 3.29. The third-order valence-corrected chi connectivity index (χ3v) is 2.79. The molecule has 0 saturated heterocycles. The van der Waals surface area contributed by atoms with Crippen molar-refractivity contribution in [2.24, 2.45) is 0 Å². The van der Waals surface area contributed by atoms with Crippen molar-refractivity contribution >= 4 is 15.9 Å². The molecule has 0 bridgehead atoms. The number of hydrogen-bond donors (Lipinski definition) is 1. The molecule has 0 fully saturated rings. The smallest absolute Gasteiger partial charge is 0.188 e. The summed E-state index contributed by atoms with van der Waals surface area (Å²) in [6, 6.07) is 5.95. The summed E-state index contributed by atoms with van der Waals surface area (Å²) in [5.74, 6) is 0.819. The molecule has 0 unspecified atom stereocenters. The first-order chi connectivity index (χ1) is 8.29. The highest BCUT2D eigenvalue weighted by molar-refractivity contribution is 9.10. The molecule has 0 spiro atoms. The Labute approximate surface area is 110 Å². The number of nitrogens with one attached hydrogen (secondary N) is 1. The Bertz CT molecular complexity index is 334. The van der Waals surface area contributed by atoms with Gasteiger partial charge in [-0.15, -0.1) is 0 Å². The molecule has 96 valence electrons. The van der Waals surface area contributed by atoms with Gasteiger partial charge in [0.15, 0.2) is 6.79 Å². The SMILES string of the molecule is COCCNCc1cccc(Br)c1OCOC. The molecule has 1 rings (SSSR count). The van der Waals surface area contributed by atoms with Gasteiger partial charge in [0, 0.05) is 32.9 Å². The fourth-order valence-electron chi connectivity index (χ4n) is 1.37. The van der Waals surface area contributed by atoms with Crippen molar-refractivity contribution in [3.63, 3.8) is 0 Å². The van der Waals surface area contributed by atoms with Gasteiger partial charge in [0.25, 0.3) is 0 Å². The van der Waals surface area contributed by atoms with Gasteiger partial charge in [0.05, 0.1) is 11.1 Å². The van der Waals surface area contributed by atoms with E-state index in [1.807, 2.05) is 18.2 Å². The molecule has 4 nitrogen and oxygen atoms in total. The molecular weight excluding hydrogens is 286 g/mol. The van der Waals surface area contributed by atoms with Gasteiger partial charge in [-0.25, -0.2) is 0 Å². The second-order valence-corrected chi connectivity index (χ2v) is 4.30. The van der Waals surface area contributed by atoms with Crippen molar-refractivity contribution in [3.8, 4) is 5.75 Å². The zero-order valence-corrected chi connectivity index (χ0v) is 11.7. The van der Waals surface area contributed by atoms with Crippen LogP contribution in [0.15, 0.2) is 22.7 Å². The number of benzene rings is 1. The first-order valence-electron chi connectivity index (χ1n) is 5.38. The fourth-order valence-corrected chi connectivity index (χ4v) is 1.89. The molecule has 5 heteroatoms. The third-order valence-electron chi connectivity index (χ3n) is 2.17. The van der Waals surface area contributed by atoms with Crippen LogP contribution >= 0.6 is 15.9 Å². The Balaban J connectivity index is 2.59. The highest BCUT2D eigenvalue weighted by atomic mass is 79.9. The second-order valence-electron chi connectivity index (χ2n) is 3.45. The van der Waals surface area contributed by atoms with Crippen molar-refractivity contribution < 1.29 is 14.2 Å². The summed E-state index contributed by atoms with van der Waals surface area (Å²) in [5.41, 5.74) is 1.09. The molecular formula is C12H18BrNO3. The molecule has 0 aliphatic rings. The van der Waals surface area contributed by atoms with Crippen LogP contribution in [0.1, 0.15) is 5.56 Å². The molecule has 0 amide bonds. The monoisotopic (exact) mass is 303 g/mol. The molecule has 0 saturated carbocycles. The Morgan fingerprint density at radius 3 is 2.76 bits per heavy atom. The molecule has 1 aromatic rings. The number of rotatable bonds is 8. The topological polar surface area (TPSA) is 39.7 Å². The molecule has 0 radical (unpaired) electrons. The Morgan fingerprint density at radius 2 is 2.06 bits per heavy atom. The quantitative estimate of drug-likeness (QED) is 0.590. The molecule has 0 aliphatic carbocycles. The fraction of sp³-hybridized carbons (Fsp3) is 0.500. The minimum Gasteiger partial charge on any atom is -0.466 e. The van der Waals surface area contributed by atoms with Gasteiger partial charge in [-0.1, -0.05) is 12.1 Å². The Morgan fingerprint density at radius 1 is 1.24 bits per heavy atom. The van der Waals surface area contributed by atoms with Crippen molar-refractivity contribution in [1.82, 2.24) is 5.32 Å². The lowest BCUT2D eigenvalue weighted by molar-refractivity contribution is 0.0498. The average Bonchev–Trinajstić information content (AvgIpc) is 2.34. The molecule has 1 aromatic carbocycles. The van der Waals surface area contributed by atoms with E-state index in [1.54, 1.807) is 14.2 Å². The summed E-state index contributed by atoms with van der Waals surface area (Å²) in [6.07, 6.45) is 0. The van der Waals surface area contributed by atoms with Crippen LogP contribution in [0.2, 0.25) is 0 Å². The minimum absolute atomic E-state index is 0.244. The van der Waals surface area contributed by atoms with Gasteiger partial charge in [-0.3, -0.25) is 0 Å². The van der Waals surface area contributed by atoms with Crippen LogP contribution < -0.4 is 10.1 Å². The number of methoxy groups -OCH3 is 2. The molecule has 0 aromatic heterocycles.